The highest BCUT2D eigenvalue weighted by Gasteiger charge is 2.24. The third kappa shape index (κ3) is 4.13. The van der Waals surface area contributed by atoms with Crippen LogP contribution in [0.4, 0.5) is 9.59 Å². The summed E-state index contributed by atoms with van der Waals surface area (Å²) in [5.41, 5.74) is 0. The summed E-state index contributed by atoms with van der Waals surface area (Å²) >= 11 is 0. The minimum atomic E-state index is -0.933. The summed E-state index contributed by atoms with van der Waals surface area (Å²) in [4.78, 5) is 25.2. The van der Waals surface area contributed by atoms with Gasteiger partial charge in [0, 0.05) is 26.2 Å². The summed E-state index contributed by atoms with van der Waals surface area (Å²) in [5.74, 6) is 0.360. The number of carbonyl (C=O) groups is 2. The minimum Gasteiger partial charge on any atom is -0.465 e. The van der Waals surface area contributed by atoms with E-state index in [4.69, 9.17) is 9.84 Å². The maximum atomic E-state index is 11.6. The van der Waals surface area contributed by atoms with Crippen molar-refractivity contribution in [3.63, 3.8) is 0 Å². The molecular weight excluding hydrogens is 224 g/mol. The average Bonchev–Trinajstić information content (AvgIpc) is 2.35. The molecule has 0 aromatic rings. The van der Waals surface area contributed by atoms with Gasteiger partial charge in [0.2, 0.25) is 0 Å². The molecule has 2 amide bonds. The van der Waals surface area contributed by atoms with Crippen LogP contribution in [0.5, 0.6) is 0 Å². The summed E-state index contributed by atoms with van der Waals surface area (Å²) < 4.78 is 5.15. The number of carbonyl (C=O) groups excluding carboxylic acids is 1. The van der Waals surface area contributed by atoms with Gasteiger partial charge in [0.15, 0.2) is 0 Å². The Kier molecular flexibility index (Phi) is 5.06. The Morgan fingerprint density at radius 2 is 1.76 bits per heavy atom. The Bertz CT molecular complexity index is 275. The van der Waals surface area contributed by atoms with Crippen molar-refractivity contribution in [3.8, 4) is 0 Å². The molecule has 98 valence electrons. The fourth-order valence-corrected chi connectivity index (χ4v) is 1.50. The maximum absolute atomic E-state index is 11.6. The largest absolute Gasteiger partial charge is 0.465 e. The van der Waals surface area contributed by atoms with Gasteiger partial charge in [-0.25, -0.2) is 9.59 Å². The molecule has 1 atom stereocenters. The number of carboxylic acid groups (broad SMARTS) is 1. The second-order valence-corrected chi connectivity index (χ2v) is 4.35. The van der Waals surface area contributed by atoms with Crippen LogP contribution < -0.4 is 0 Å². The van der Waals surface area contributed by atoms with Gasteiger partial charge >= 0.3 is 12.2 Å². The second-order valence-electron chi connectivity index (χ2n) is 4.35. The topological polar surface area (TPSA) is 70.1 Å². The first-order chi connectivity index (χ1) is 8.04. The van der Waals surface area contributed by atoms with E-state index in [-0.39, 0.29) is 6.09 Å². The van der Waals surface area contributed by atoms with Crippen LogP contribution in [0.1, 0.15) is 20.3 Å². The zero-order valence-corrected chi connectivity index (χ0v) is 10.4. The molecule has 6 heteroatoms. The molecule has 1 rings (SSSR count). The maximum Gasteiger partial charge on any atom is 0.409 e. The molecule has 0 radical (unpaired) electrons. The standard InChI is InChI=1S/C11H20N2O4/c1-3-9(2)8-17-11(16)13-6-4-12(5-7-13)10(14)15/h9H,3-8H2,1-2H3,(H,14,15). The third-order valence-electron chi connectivity index (χ3n) is 3.00. The first-order valence-electron chi connectivity index (χ1n) is 5.94. The number of ether oxygens (including phenoxy) is 1. The van der Waals surface area contributed by atoms with E-state index in [0.717, 1.165) is 6.42 Å². The fourth-order valence-electron chi connectivity index (χ4n) is 1.50. The Balaban J connectivity index is 2.28. The number of piperazine rings is 1. The molecule has 1 heterocycles. The number of hydrogen-bond acceptors (Lipinski definition) is 3. The molecule has 0 aromatic carbocycles. The van der Waals surface area contributed by atoms with Crippen molar-refractivity contribution < 1.29 is 19.4 Å². The van der Waals surface area contributed by atoms with Crippen LogP contribution in [-0.4, -0.2) is 59.9 Å². The van der Waals surface area contributed by atoms with Crippen LogP contribution in [0.25, 0.3) is 0 Å². The summed E-state index contributed by atoms with van der Waals surface area (Å²) in [7, 11) is 0. The molecule has 0 saturated carbocycles. The quantitative estimate of drug-likeness (QED) is 0.816. The van der Waals surface area contributed by atoms with Crippen molar-refractivity contribution in [2.24, 2.45) is 5.92 Å². The molecule has 0 aromatic heterocycles. The number of rotatable bonds is 3. The van der Waals surface area contributed by atoms with Gasteiger partial charge in [0.05, 0.1) is 6.61 Å². The highest BCUT2D eigenvalue weighted by Crippen LogP contribution is 2.06. The van der Waals surface area contributed by atoms with E-state index in [1.165, 1.54) is 4.90 Å². The molecule has 0 bridgehead atoms. The van der Waals surface area contributed by atoms with Gasteiger partial charge in [0.25, 0.3) is 0 Å². The number of nitrogens with zero attached hydrogens (tertiary/aromatic N) is 2. The number of hydrogen-bond donors (Lipinski definition) is 1. The monoisotopic (exact) mass is 244 g/mol. The van der Waals surface area contributed by atoms with Gasteiger partial charge < -0.3 is 19.6 Å². The molecule has 1 saturated heterocycles. The van der Waals surface area contributed by atoms with Gasteiger partial charge in [-0.05, 0) is 5.92 Å². The van der Waals surface area contributed by atoms with E-state index in [0.29, 0.717) is 38.7 Å². The lowest BCUT2D eigenvalue weighted by molar-refractivity contribution is 0.0651. The minimum absolute atomic E-state index is 0.338. The van der Waals surface area contributed by atoms with Crippen molar-refractivity contribution >= 4 is 12.2 Å². The summed E-state index contributed by atoms with van der Waals surface area (Å²) in [5, 5.41) is 8.76. The predicted octanol–water partition coefficient (Wildman–Crippen LogP) is 1.46. The van der Waals surface area contributed by atoms with Gasteiger partial charge in [-0.1, -0.05) is 20.3 Å². The Morgan fingerprint density at radius 3 is 2.24 bits per heavy atom. The Labute approximate surface area is 101 Å². The average molecular weight is 244 g/mol. The van der Waals surface area contributed by atoms with Gasteiger partial charge in [0.1, 0.15) is 0 Å². The van der Waals surface area contributed by atoms with E-state index in [9.17, 15) is 9.59 Å². The predicted molar refractivity (Wildman–Crippen MR) is 62.0 cm³/mol. The molecule has 0 aliphatic carbocycles. The second kappa shape index (κ2) is 6.32. The lowest BCUT2D eigenvalue weighted by atomic mass is 10.1. The summed E-state index contributed by atoms with van der Waals surface area (Å²) in [6, 6.07) is 0. The first kappa shape index (κ1) is 13.6. The molecule has 1 fully saturated rings. The molecule has 17 heavy (non-hydrogen) atoms. The van der Waals surface area contributed by atoms with Crippen LogP contribution in [0.15, 0.2) is 0 Å². The molecule has 1 N–H and O–H groups in total. The van der Waals surface area contributed by atoms with Crippen molar-refractivity contribution in [3.05, 3.63) is 0 Å². The van der Waals surface area contributed by atoms with Crippen LogP contribution in [0.3, 0.4) is 0 Å². The van der Waals surface area contributed by atoms with Crippen LogP contribution in [0, 0.1) is 5.92 Å². The van der Waals surface area contributed by atoms with Crippen molar-refractivity contribution in [2.45, 2.75) is 20.3 Å². The normalized spacial score (nSPS) is 17.8. The summed E-state index contributed by atoms with van der Waals surface area (Å²) in [6.45, 7) is 6.02. The Hall–Kier alpha value is -1.46. The fraction of sp³-hybridized carbons (Fsp3) is 0.818. The van der Waals surface area contributed by atoms with E-state index in [1.807, 2.05) is 13.8 Å². The summed E-state index contributed by atoms with van der Waals surface area (Å²) in [6.07, 6.45) is -0.298. The molecular formula is C11H20N2O4. The van der Waals surface area contributed by atoms with Crippen molar-refractivity contribution in [1.82, 2.24) is 9.80 Å². The zero-order valence-electron chi connectivity index (χ0n) is 10.4. The van der Waals surface area contributed by atoms with Crippen LogP contribution in [-0.2, 0) is 4.74 Å². The van der Waals surface area contributed by atoms with Crippen molar-refractivity contribution in [2.75, 3.05) is 32.8 Å². The lowest BCUT2D eigenvalue weighted by Crippen LogP contribution is -2.50. The van der Waals surface area contributed by atoms with E-state index in [1.54, 1.807) is 4.90 Å². The Morgan fingerprint density at radius 1 is 1.24 bits per heavy atom. The van der Waals surface area contributed by atoms with Crippen LogP contribution in [0.2, 0.25) is 0 Å². The zero-order chi connectivity index (χ0) is 12.8. The van der Waals surface area contributed by atoms with Crippen LogP contribution >= 0.6 is 0 Å². The molecule has 1 aliphatic heterocycles. The smallest absolute Gasteiger partial charge is 0.409 e. The van der Waals surface area contributed by atoms with E-state index >= 15 is 0 Å². The van der Waals surface area contributed by atoms with Crippen molar-refractivity contribution in [1.29, 1.82) is 0 Å². The van der Waals surface area contributed by atoms with Gasteiger partial charge in [-0.2, -0.15) is 0 Å². The molecule has 1 aliphatic rings. The van der Waals surface area contributed by atoms with Gasteiger partial charge in [-0.3, -0.25) is 0 Å². The molecule has 6 nitrogen and oxygen atoms in total. The first-order valence-corrected chi connectivity index (χ1v) is 5.94. The lowest BCUT2D eigenvalue weighted by Gasteiger charge is -2.32. The molecule has 0 spiro atoms. The highest BCUT2D eigenvalue weighted by atomic mass is 16.6. The van der Waals surface area contributed by atoms with E-state index < -0.39 is 6.09 Å². The van der Waals surface area contributed by atoms with E-state index in [2.05, 4.69) is 0 Å². The SMILES string of the molecule is CCC(C)COC(=O)N1CCN(C(=O)O)CC1. The number of amides is 2. The van der Waals surface area contributed by atoms with Gasteiger partial charge in [-0.15, -0.1) is 0 Å². The highest BCUT2D eigenvalue weighted by molar-refractivity contribution is 5.69. The third-order valence-corrected chi connectivity index (χ3v) is 3.00. The molecule has 1 unspecified atom stereocenters.